The Morgan fingerprint density at radius 1 is 1.37 bits per heavy atom. The van der Waals surface area contributed by atoms with Gasteiger partial charge in [0, 0.05) is 5.56 Å². The topological polar surface area (TPSA) is 59.9 Å². The highest BCUT2D eigenvalue weighted by molar-refractivity contribution is 7.80. The fourth-order valence-electron chi connectivity index (χ4n) is 1.27. The third kappa shape index (κ3) is 5.48. The fourth-order valence-corrected chi connectivity index (χ4v) is 1.49. The summed E-state index contributed by atoms with van der Waals surface area (Å²) in [7, 11) is 1.32. The van der Waals surface area contributed by atoms with Gasteiger partial charge in [0.05, 0.1) is 13.7 Å². The third-order valence-electron chi connectivity index (χ3n) is 2.14. The average molecular weight is 280 g/mol. The van der Waals surface area contributed by atoms with Crippen LogP contribution in [0.15, 0.2) is 35.3 Å². The molecule has 0 aromatic heterocycles. The van der Waals surface area contributed by atoms with Crippen molar-refractivity contribution < 1.29 is 14.3 Å². The lowest BCUT2D eigenvalue weighted by molar-refractivity contribution is -0.138. The zero-order valence-corrected chi connectivity index (χ0v) is 11.7. The maximum absolute atomic E-state index is 11.1. The van der Waals surface area contributed by atoms with Gasteiger partial charge in [-0.15, -0.1) is 0 Å². The lowest BCUT2D eigenvalue weighted by Crippen LogP contribution is -2.32. The smallest absolute Gasteiger partial charge is 0.327 e. The number of benzene rings is 1. The fraction of sp³-hybridized carbons (Fsp3) is 0.308. The van der Waals surface area contributed by atoms with E-state index < -0.39 is 5.97 Å². The molecular formula is C13H16N2O3S. The van der Waals surface area contributed by atoms with Crippen molar-refractivity contribution in [3.63, 3.8) is 0 Å². The minimum atomic E-state index is -0.419. The summed E-state index contributed by atoms with van der Waals surface area (Å²) in [5.41, 5.74) is 0.813. The Labute approximate surface area is 117 Å². The predicted octanol–water partition coefficient (Wildman–Crippen LogP) is 1.52. The van der Waals surface area contributed by atoms with Crippen molar-refractivity contribution in [3.8, 4) is 0 Å². The molecule has 0 saturated carbocycles. The highest BCUT2D eigenvalue weighted by atomic mass is 32.1. The molecule has 0 bridgehead atoms. The van der Waals surface area contributed by atoms with Crippen LogP contribution >= 0.6 is 12.2 Å². The first-order valence-electron chi connectivity index (χ1n) is 5.77. The van der Waals surface area contributed by atoms with Gasteiger partial charge in [-0.25, -0.2) is 0 Å². The number of hydrogen-bond acceptors (Lipinski definition) is 5. The minimum Gasteiger partial charge on any atom is -0.471 e. The van der Waals surface area contributed by atoms with Gasteiger partial charge in [0.1, 0.15) is 12.4 Å². The van der Waals surface area contributed by atoms with Gasteiger partial charge in [0.15, 0.2) is 0 Å². The Balaban J connectivity index is 2.85. The van der Waals surface area contributed by atoms with Crippen LogP contribution < -0.4 is 5.32 Å². The lowest BCUT2D eigenvalue weighted by atomic mass is 10.2. The largest absolute Gasteiger partial charge is 0.471 e. The summed E-state index contributed by atoms with van der Waals surface area (Å²) in [6.07, 6.45) is 0. The van der Waals surface area contributed by atoms with Crippen LogP contribution in [0.1, 0.15) is 12.5 Å². The second-order valence-corrected chi connectivity index (χ2v) is 3.82. The molecule has 102 valence electrons. The van der Waals surface area contributed by atoms with E-state index in [1.54, 1.807) is 0 Å². The summed E-state index contributed by atoms with van der Waals surface area (Å²) in [5.74, 6) is 0.0574. The van der Waals surface area contributed by atoms with Crippen LogP contribution in [0.4, 0.5) is 0 Å². The van der Waals surface area contributed by atoms with E-state index in [0.717, 1.165) is 5.56 Å². The van der Waals surface area contributed by atoms with Gasteiger partial charge in [-0.2, -0.15) is 0 Å². The van der Waals surface area contributed by atoms with Gasteiger partial charge in [-0.3, -0.25) is 9.79 Å². The summed E-state index contributed by atoms with van der Waals surface area (Å²) in [5, 5.41) is 3.08. The monoisotopic (exact) mass is 280 g/mol. The van der Waals surface area contributed by atoms with E-state index in [-0.39, 0.29) is 11.7 Å². The number of aliphatic imine (C=N–C) groups is 1. The standard InChI is InChI=1S/C13H16N2O3S/c1-3-18-13(19)15-12(14-9-11(16)17-2)10-7-5-4-6-8-10/h4-8H,3,9H2,1-2H3,(H,14,15,19). The van der Waals surface area contributed by atoms with Gasteiger partial charge in [0.2, 0.25) is 0 Å². The van der Waals surface area contributed by atoms with Crippen LogP contribution in [-0.2, 0) is 14.3 Å². The number of methoxy groups -OCH3 is 1. The van der Waals surface area contributed by atoms with Crippen molar-refractivity contribution >= 4 is 29.2 Å². The molecule has 0 aliphatic rings. The van der Waals surface area contributed by atoms with Gasteiger partial charge in [-0.05, 0) is 19.1 Å². The zero-order valence-electron chi connectivity index (χ0n) is 10.9. The molecule has 1 N–H and O–H groups in total. The number of esters is 1. The third-order valence-corrected chi connectivity index (χ3v) is 2.36. The molecule has 0 aliphatic carbocycles. The van der Waals surface area contributed by atoms with Gasteiger partial charge in [0.25, 0.3) is 5.17 Å². The zero-order chi connectivity index (χ0) is 14.1. The molecule has 1 aromatic rings. The molecule has 0 unspecified atom stereocenters. The highest BCUT2D eigenvalue weighted by Gasteiger charge is 2.07. The van der Waals surface area contributed by atoms with Crippen LogP contribution in [0.25, 0.3) is 0 Å². The molecule has 5 nitrogen and oxygen atoms in total. The number of ether oxygens (including phenoxy) is 2. The number of hydrogen-bond donors (Lipinski definition) is 1. The number of nitrogens with one attached hydrogen (secondary N) is 1. The van der Waals surface area contributed by atoms with E-state index in [9.17, 15) is 4.79 Å². The first-order chi connectivity index (χ1) is 9.17. The van der Waals surface area contributed by atoms with E-state index in [1.165, 1.54) is 7.11 Å². The molecule has 0 radical (unpaired) electrons. The number of amidine groups is 1. The Morgan fingerprint density at radius 3 is 2.63 bits per heavy atom. The molecule has 6 heteroatoms. The number of carbonyl (C=O) groups excluding carboxylic acids is 1. The molecule has 0 heterocycles. The van der Waals surface area contributed by atoms with E-state index in [1.807, 2.05) is 37.3 Å². The number of thiocarbonyl (C=S) groups is 1. The molecule has 0 atom stereocenters. The van der Waals surface area contributed by atoms with Crippen molar-refractivity contribution in [3.05, 3.63) is 35.9 Å². The Kier molecular flexibility index (Phi) is 6.52. The second-order valence-electron chi connectivity index (χ2n) is 3.45. The van der Waals surface area contributed by atoms with E-state index in [2.05, 4.69) is 15.0 Å². The number of nitrogens with zero attached hydrogens (tertiary/aromatic N) is 1. The molecule has 1 aromatic carbocycles. The summed E-state index contributed by atoms with van der Waals surface area (Å²) >= 11 is 5.01. The van der Waals surface area contributed by atoms with Crippen LogP contribution in [0, 0.1) is 0 Å². The molecule has 0 aliphatic heterocycles. The Hall–Kier alpha value is -1.95. The van der Waals surface area contributed by atoms with E-state index in [0.29, 0.717) is 12.4 Å². The van der Waals surface area contributed by atoms with Gasteiger partial charge < -0.3 is 14.8 Å². The van der Waals surface area contributed by atoms with Crippen molar-refractivity contribution in [1.29, 1.82) is 0 Å². The summed E-state index contributed by atoms with van der Waals surface area (Å²) in [6, 6.07) is 9.35. The van der Waals surface area contributed by atoms with Crippen molar-refractivity contribution in [2.45, 2.75) is 6.92 Å². The van der Waals surface area contributed by atoms with Crippen molar-refractivity contribution in [2.75, 3.05) is 20.3 Å². The first kappa shape index (κ1) is 15.1. The summed E-state index contributed by atoms with van der Waals surface area (Å²) < 4.78 is 9.70. The van der Waals surface area contributed by atoms with Crippen LogP contribution in [0.5, 0.6) is 0 Å². The molecule has 0 spiro atoms. The maximum Gasteiger partial charge on any atom is 0.327 e. The predicted molar refractivity (Wildman–Crippen MR) is 77.2 cm³/mol. The minimum absolute atomic E-state index is 0.0809. The van der Waals surface area contributed by atoms with E-state index >= 15 is 0 Å². The first-order valence-corrected chi connectivity index (χ1v) is 6.18. The summed E-state index contributed by atoms with van der Waals surface area (Å²) in [4.78, 5) is 15.3. The quantitative estimate of drug-likeness (QED) is 0.392. The Bertz CT molecular complexity index is 460. The SMILES string of the molecule is CCOC(=S)NC(=NCC(=O)OC)c1ccccc1. The van der Waals surface area contributed by atoms with Crippen LogP contribution in [0.3, 0.4) is 0 Å². The van der Waals surface area contributed by atoms with Crippen molar-refractivity contribution in [1.82, 2.24) is 5.32 Å². The average Bonchev–Trinajstić information content (AvgIpc) is 2.44. The normalized spacial score (nSPS) is 10.7. The highest BCUT2D eigenvalue weighted by Crippen LogP contribution is 2.00. The number of rotatable bonds is 4. The second kappa shape index (κ2) is 8.20. The summed E-state index contributed by atoms with van der Waals surface area (Å²) in [6.45, 7) is 2.22. The molecule has 0 amide bonds. The molecule has 1 rings (SSSR count). The molecule has 0 saturated heterocycles. The van der Waals surface area contributed by atoms with Gasteiger partial charge >= 0.3 is 5.97 Å². The van der Waals surface area contributed by atoms with Gasteiger partial charge in [-0.1, -0.05) is 30.3 Å². The van der Waals surface area contributed by atoms with Crippen LogP contribution in [0.2, 0.25) is 0 Å². The van der Waals surface area contributed by atoms with E-state index in [4.69, 9.17) is 17.0 Å². The molecule has 19 heavy (non-hydrogen) atoms. The molecular weight excluding hydrogens is 264 g/mol. The van der Waals surface area contributed by atoms with Crippen molar-refractivity contribution in [2.24, 2.45) is 4.99 Å². The number of carbonyl (C=O) groups is 1. The maximum atomic E-state index is 11.1. The lowest BCUT2D eigenvalue weighted by Gasteiger charge is -2.11. The van der Waals surface area contributed by atoms with Crippen LogP contribution in [-0.4, -0.2) is 37.2 Å². The Morgan fingerprint density at radius 2 is 2.05 bits per heavy atom. The molecule has 0 fully saturated rings.